The van der Waals surface area contributed by atoms with Gasteiger partial charge in [-0.2, -0.15) is 0 Å². The number of hydrogen-bond acceptors (Lipinski definition) is 5. The highest BCUT2D eigenvalue weighted by molar-refractivity contribution is 6.01. The van der Waals surface area contributed by atoms with Gasteiger partial charge >= 0.3 is 5.97 Å². The molecule has 2 heterocycles. The second kappa shape index (κ2) is 4.61. The van der Waals surface area contributed by atoms with Crippen LogP contribution >= 0.6 is 0 Å². The van der Waals surface area contributed by atoms with Crippen molar-refractivity contribution in [2.75, 3.05) is 13.2 Å². The van der Waals surface area contributed by atoms with E-state index in [0.717, 1.165) is 6.42 Å². The fraction of sp³-hybridized carbons (Fsp3) is 0.700. The summed E-state index contributed by atoms with van der Waals surface area (Å²) in [5.41, 5.74) is 0. The van der Waals surface area contributed by atoms with Crippen LogP contribution in [0.15, 0.2) is 0 Å². The molecule has 0 aromatic rings. The van der Waals surface area contributed by atoms with Gasteiger partial charge in [0.25, 0.3) is 11.8 Å². The Labute approximate surface area is 92.4 Å². The molecular formula is C10H13NO5. The number of carbonyl (C=O) groups is 3. The predicted molar refractivity (Wildman–Crippen MR) is 50.7 cm³/mol. The molecule has 0 saturated carbocycles. The number of rotatable bonds is 3. The van der Waals surface area contributed by atoms with Crippen molar-refractivity contribution < 1.29 is 24.0 Å². The molecule has 0 spiro atoms. The molecule has 6 nitrogen and oxygen atoms in total. The maximum absolute atomic E-state index is 11.4. The van der Waals surface area contributed by atoms with Crippen molar-refractivity contribution in [3.8, 4) is 0 Å². The molecule has 2 aliphatic heterocycles. The first-order valence-corrected chi connectivity index (χ1v) is 5.31. The van der Waals surface area contributed by atoms with Crippen LogP contribution < -0.4 is 0 Å². The predicted octanol–water partition coefficient (Wildman–Crippen LogP) is 0.0202. The number of imide groups is 1. The molecule has 0 aromatic heterocycles. The Morgan fingerprint density at radius 3 is 2.62 bits per heavy atom. The van der Waals surface area contributed by atoms with Gasteiger partial charge < -0.3 is 9.57 Å². The van der Waals surface area contributed by atoms with Gasteiger partial charge in [0.15, 0.2) is 0 Å². The Balaban J connectivity index is 1.82. The van der Waals surface area contributed by atoms with Crippen molar-refractivity contribution in [3.05, 3.63) is 0 Å². The van der Waals surface area contributed by atoms with E-state index < -0.39 is 17.8 Å². The minimum absolute atomic E-state index is 0.124. The monoisotopic (exact) mass is 227 g/mol. The van der Waals surface area contributed by atoms with Crippen LogP contribution in [0.3, 0.4) is 0 Å². The van der Waals surface area contributed by atoms with Gasteiger partial charge in [-0.15, -0.1) is 5.06 Å². The Morgan fingerprint density at radius 1 is 1.38 bits per heavy atom. The number of hydrogen-bond donors (Lipinski definition) is 0. The molecule has 0 aromatic carbocycles. The number of nitrogens with zero attached hydrogens (tertiary/aromatic N) is 1. The molecule has 2 rings (SSSR count). The van der Waals surface area contributed by atoms with E-state index in [9.17, 15) is 14.4 Å². The SMILES string of the molecule is O=C(C[C@@H]1CCOC1)ON1C(=O)CCC1=O. The third-order valence-corrected chi connectivity index (χ3v) is 2.68. The maximum Gasteiger partial charge on any atom is 0.333 e. The largest absolute Gasteiger partial charge is 0.381 e. The van der Waals surface area contributed by atoms with E-state index in [4.69, 9.17) is 9.57 Å². The molecule has 6 heteroatoms. The molecule has 2 amide bonds. The van der Waals surface area contributed by atoms with Crippen molar-refractivity contribution in [2.24, 2.45) is 5.92 Å². The summed E-state index contributed by atoms with van der Waals surface area (Å²) in [6, 6.07) is 0. The van der Waals surface area contributed by atoms with Gasteiger partial charge in [0.1, 0.15) is 0 Å². The van der Waals surface area contributed by atoms with Crippen LogP contribution in [0, 0.1) is 5.92 Å². The van der Waals surface area contributed by atoms with E-state index in [1.165, 1.54) is 0 Å². The Kier molecular flexibility index (Phi) is 3.19. The molecular weight excluding hydrogens is 214 g/mol. The summed E-state index contributed by atoms with van der Waals surface area (Å²) in [7, 11) is 0. The van der Waals surface area contributed by atoms with Crippen LogP contribution in [0.1, 0.15) is 25.7 Å². The summed E-state index contributed by atoms with van der Waals surface area (Å²) in [4.78, 5) is 38.5. The van der Waals surface area contributed by atoms with Crippen LogP contribution in [-0.4, -0.2) is 36.1 Å². The Bertz CT molecular complexity index is 305. The van der Waals surface area contributed by atoms with Gasteiger partial charge in [-0.05, 0) is 12.3 Å². The zero-order chi connectivity index (χ0) is 11.5. The molecule has 0 radical (unpaired) electrons. The molecule has 2 fully saturated rings. The maximum atomic E-state index is 11.4. The number of amides is 2. The highest BCUT2D eigenvalue weighted by atomic mass is 16.7. The van der Waals surface area contributed by atoms with E-state index in [1.54, 1.807) is 0 Å². The summed E-state index contributed by atoms with van der Waals surface area (Å²) < 4.78 is 5.11. The van der Waals surface area contributed by atoms with E-state index in [0.29, 0.717) is 18.3 Å². The minimum Gasteiger partial charge on any atom is -0.381 e. The fourth-order valence-electron chi connectivity index (χ4n) is 1.78. The van der Waals surface area contributed by atoms with Crippen molar-refractivity contribution in [1.82, 2.24) is 5.06 Å². The first-order chi connectivity index (χ1) is 7.66. The van der Waals surface area contributed by atoms with Crippen molar-refractivity contribution in [1.29, 1.82) is 0 Å². The highest BCUT2D eigenvalue weighted by Crippen LogP contribution is 2.18. The molecule has 2 aliphatic rings. The second-order valence-corrected chi connectivity index (χ2v) is 3.98. The quantitative estimate of drug-likeness (QED) is 0.635. The van der Waals surface area contributed by atoms with Crippen molar-refractivity contribution in [3.63, 3.8) is 0 Å². The molecule has 0 N–H and O–H groups in total. The van der Waals surface area contributed by atoms with E-state index in [-0.39, 0.29) is 25.2 Å². The summed E-state index contributed by atoms with van der Waals surface area (Å²) in [5.74, 6) is -1.29. The van der Waals surface area contributed by atoms with Gasteiger partial charge in [0, 0.05) is 19.4 Å². The van der Waals surface area contributed by atoms with Crippen molar-refractivity contribution in [2.45, 2.75) is 25.7 Å². The summed E-state index contributed by atoms with van der Waals surface area (Å²) in [6.45, 7) is 1.19. The molecule has 0 aliphatic carbocycles. The summed E-state index contributed by atoms with van der Waals surface area (Å²) in [5, 5.41) is 0.581. The molecule has 1 atom stereocenters. The standard InChI is InChI=1S/C10H13NO5/c12-8-1-2-9(13)11(8)16-10(14)5-7-3-4-15-6-7/h7H,1-6H2/t7-/m0/s1. The van der Waals surface area contributed by atoms with Crippen molar-refractivity contribution >= 4 is 17.8 Å². The Hall–Kier alpha value is -1.43. The highest BCUT2D eigenvalue weighted by Gasteiger charge is 2.33. The van der Waals surface area contributed by atoms with E-state index >= 15 is 0 Å². The van der Waals surface area contributed by atoms with Gasteiger partial charge in [-0.1, -0.05) is 0 Å². The zero-order valence-electron chi connectivity index (χ0n) is 8.81. The average molecular weight is 227 g/mol. The first kappa shape index (κ1) is 11.1. The minimum atomic E-state index is -0.542. The molecule has 0 bridgehead atoms. The van der Waals surface area contributed by atoms with Gasteiger partial charge in [0.05, 0.1) is 13.0 Å². The van der Waals surface area contributed by atoms with Crippen LogP contribution in [0.5, 0.6) is 0 Å². The molecule has 2 saturated heterocycles. The fourth-order valence-corrected chi connectivity index (χ4v) is 1.78. The summed E-state index contributed by atoms with van der Waals surface area (Å²) >= 11 is 0. The third kappa shape index (κ3) is 2.38. The smallest absolute Gasteiger partial charge is 0.333 e. The normalized spacial score (nSPS) is 25.2. The molecule has 16 heavy (non-hydrogen) atoms. The number of ether oxygens (including phenoxy) is 1. The zero-order valence-corrected chi connectivity index (χ0v) is 8.81. The van der Waals surface area contributed by atoms with Crippen LogP contribution in [0.4, 0.5) is 0 Å². The second-order valence-electron chi connectivity index (χ2n) is 3.98. The van der Waals surface area contributed by atoms with Gasteiger partial charge in [0.2, 0.25) is 0 Å². The van der Waals surface area contributed by atoms with Gasteiger partial charge in [-0.3, -0.25) is 9.59 Å². The molecule has 88 valence electrons. The number of carbonyl (C=O) groups excluding carboxylic acids is 3. The number of hydroxylamine groups is 2. The topological polar surface area (TPSA) is 72.9 Å². The Morgan fingerprint density at radius 2 is 2.06 bits per heavy atom. The lowest BCUT2D eigenvalue weighted by Gasteiger charge is -2.13. The lowest BCUT2D eigenvalue weighted by molar-refractivity contribution is -0.198. The van der Waals surface area contributed by atoms with E-state index in [1.807, 2.05) is 0 Å². The first-order valence-electron chi connectivity index (χ1n) is 5.31. The van der Waals surface area contributed by atoms with Crippen LogP contribution in [-0.2, 0) is 24.0 Å². The lowest BCUT2D eigenvalue weighted by atomic mass is 10.1. The van der Waals surface area contributed by atoms with E-state index in [2.05, 4.69) is 0 Å². The van der Waals surface area contributed by atoms with Gasteiger partial charge in [-0.25, -0.2) is 4.79 Å². The third-order valence-electron chi connectivity index (χ3n) is 2.68. The average Bonchev–Trinajstić information content (AvgIpc) is 2.83. The lowest BCUT2D eigenvalue weighted by Crippen LogP contribution is -2.32. The van der Waals surface area contributed by atoms with Crippen LogP contribution in [0.25, 0.3) is 0 Å². The van der Waals surface area contributed by atoms with Crippen LogP contribution in [0.2, 0.25) is 0 Å². The molecule has 0 unspecified atom stereocenters. The summed E-state index contributed by atoms with van der Waals surface area (Å²) in [6.07, 6.45) is 1.26.